The first-order valence-corrected chi connectivity index (χ1v) is 13.9. The third kappa shape index (κ3) is 4.41. The van der Waals surface area contributed by atoms with Gasteiger partial charge in [-0.3, -0.25) is 9.78 Å². The van der Waals surface area contributed by atoms with Crippen LogP contribution in [0.15, 0.2) is 36.7 Å². The molecule has 1 spiro atoms. The summed E-state index contributed by atoms with van der Waals surface area (Å²) in [6.07, 6.45) is 7.68. The number of pyridine rings is 1. The number of carbonyl (C=O) groups is 1. The summed E-state index contributed by atoms with van der Waals surface area (Å²) in [5.41, 5.74) is 5.20. The van der Waals surface area contributed by atoms with Gasteiger partial charge in [0.1, 0.15) is 11.9 Å². The Kier molecular flexibility index (Phi) is 6.11. The van der Waals surface area contributed by atoms with Crippen LogP contribution in [0.25, 0.3) is 27.5 Å². The second kappa shape index (κ2) is 9.48. The zero-order valence-electron chi connectivity index (χ0n) is 21.8. The van der Waals surface area contributed by atoms with Crippen molar-refractivity contribution < 1.29 is 4.79 Å². The highest BCUT2D eigenvalue weighted by Gasteiger charge is 2.46. The summed E-state index contributed by atoms with van der Waals surface area (Å²) in [6.45, 7) is 7.91. The second-order valence-electron chi connectivity index (χ2n) is 11.0. The van der Waals surface area contributed by atoms with Gasteiger partial charge >= 0.3 is 0 Å². The van der Waals surface area contributed by atoms with Gasteiger partial charge in [0.05, 0.1) is 34.2 Å². The van der Waals surface area contributed by atoms with Crippen molar-refractivity contribution in [2.24, 2.45) is 11.3 Å². The van der Waals surface area contributed by atoms with Crippen molar-refractivity contribution in [3.8, 4) is 28.0 Å². The maximum atomic E-state index is 11.8. The van der Waals surface area contributed by atoms with E-state index in [1.54, 1.807) is 29.0 Å². The summed E-state index contributed by atoms with van der Waals surface area (Å²) in [7, 11) is 0. The minimum Gasteiger partial charge on any atom is -0.382 e. The van der Waals surface area contributed by atoms with Gasteiger partial charge in [-0.25, -0.2) is 4.52 Å². The van der Waals surface area contributed by atoms with E-state index >= 15 is 0 Å². The van der Waals surface area contributed by atoms with Crippen LogP contribution in [0.2, 0.25) is 0 Å². The molecule has 0 bridgehead atoms. The van der Waals surface area contributed by atoms with Crippen molar-refractivity contribution >= 4 is 33.5 Å². The van der Waals surface area contributed by atoms with Crippen LogP contribution < -0.4 is 10.2 Å². The van der Waals surface area contributed by atoms with Gasteiger partial charge in [0, 0.05) is 42.3 Å². The topological polar surface area (TPSA) is 112 Å². The maximum Gasteiger partial charge on any atom is 0.208 e. The molecule has 1 saturated carbocycles. The van der Waals surface area contributed by atoms with Gasteiger partial charge in [-0.05, 0) is 70.7 Å². The molecule has 4 aromatic heterocycles. The van der Waals surface area contributed by atoms with Crippen LogP contribution in [-0.2, 0) is 4.79 Å². The lowest BCUT2D eigenvalue weighted by molar-refractivity contribution is -0.122. The van der Waals surface area contributed by atoms with E-state index in [1.165, 1.54) is 0 Å². The quantitative estimate of drug-likeness (QED) is 0.365. The van der Waals surface area contributed by atoms with E-state index in [4.69, 9.17) is 4.98 Å². The molecule has 0 aromatic carbocycles. The molecule has 5 heterocycles. The largest absolute Gasteiger partial charge is 0.382 e. The number of fused-ring (bicyclic) bond motifs is 1. The molecule has 1 aliphatic heterocycles. The highest BCUT2D eigenvalue weighted by Crippen LogP contribution is 2.48. The third-order valence-corrected chi connectivity index (χ3v) is 8.85. The van der Waals surface area contributed by atoms with E-state index in [0.717, 1.165) is 77.1 Å². The average Bonchev–Trinajstić information content (AvgIpc) is 3.54. The third-order valence-electron chi connectivity index (χ3n) is 7.83. The predicted molar refractivity (Wildman–Crippen MR) is 148 cm³/mol. The van der Waals surface area contributed by atoms with Gasteiger partial charge in [0.15, 0.2) is 5.01 Å². The molecular formula is C28H30N8OS. The summed E-state index contributed by atoms with van der Waals surface area (Å²) in [5.74, 6) is 0.588. The van der Waals surface area contributed by atoms with Crippen LogP contribution >= 0.6 is 11.3 Å². The Morgan fingerprint density at radius 3 is 2.68 bits per heavy atom. The minimum atomic E-state index is 0.220. The van der Waals surface area contributed by atoms with Crippen molar-refractivity contribution in [2.45, 2.75) is 52.5 Å². The van der Waals surface area contributed by atoms with Crippen molar-refractivity contribution in [3.63, 3.8) is 0 Å². The molecule has 10 heteroatoms. The molecular weight excluding hydrogens is 496 g/mol. The van der Waals surface area contributed by atoms with Crippen LogP contribution in [0, 0.1) is 22.7 Å². The Labute approximate surface area is 225 Å². The Bertz CT molecular complexity index is 1550. The molecule has 0 unspecified atom stereocenters. The van der Waals surface area contributed by atoms with E-state index in [9.17, 15) is 10.1 Å². The fraction of sp³-hybridized carbons (Fsp3) is 0.429. The van der Waals surface area contributed by atoms with Crippen molar-refractivity contribution in [1.29, 1.82) is 5.26 Å². The van der Waals surface area contributed by atoms with Crippen molar-refractivity contribution in [1.82, 2.24) is 24.8 Å². The number of carbonyl (C=O) groups excluding carboxylic acids is 1. The standard InChI is InChI=1S/C28H30N8OS/c1-17(2)32-23-11-24(25-5-4-21-10-19(12-29)13-31-36(21)25)30-14-22(23)26-33-34-27(38-26)35-15-28(16-35)8-6-20(7-9-28)18(3)37/h4-5,10-11,13-14,17,20H,6-9,15-16H2,1-3H3,(H,30,32). The molecule has 0 radical (unpaired) electrons. The lowest BCUT2D eigenvalue weighted by Gasteiger charge is -2.53. The summed E-state index contributed by atoms with van der Waals surface area (Å²) < 4.78 is 1.80. The molecule has 0 amide bonds. The Hall–Kier alpha value is -3.84. The smallest absolute Gasteiger partial charge is 0.208 e. The molecule has 194 valence electrons. The fourth-order valence-corrected chi connectivity index (χ4v) is 6.62. The number of nitrogens with zero attached hydrogens (tertiary/aromatic N) is 7. The van der Waals surface area contributed by atoms with E-state index in [1.807, 2.05) is 30.5 Å². The van der Waals surface area contributed by atoms with Gasteiger partial charge in [-0.15, -0.1) is 10.2 Å². The number of aromatic nitrogens is 5. The van der Waals surface area contributed by atoms with Crippen LogP contribution in [0.5, 0.6) is 0 Å². The zero-order chi connectivity index (χ0) is 26.4. The van der Waals surface area contributed by atoms with Gasteiger partial charge in [0.25, 0.3) is 0 Å². The normalized spacial score (nSPS) is 17.1. The molecule has 1 aliphatic carbocycles. The van der Waals surface area contributed by atoms with Crippen LogP contribution in [0.1, 0.15) is 52.0 Å². The number of hydrogen-bond donors (Lipinski definition) is 1. The Balaban J connectivity index is 1.24. The lowest BCUT2D eigenvalue weighted by Crippen LogP contribution is -2.58. The molecule has 1 N–H and O–H groups in total. The monoisotopic (exact) mass is 526 g/mol. The molecule has 2 fully saturated rings. The summed E-state index contributed by atoms with van der Waals surface area (Å²) >= 11 is 1.60. The number of nitriles is 1. The lowest BCUT2D eigenvalue weighted by atomic mass is 9.65. The van der Waals surface area contributed by atoms with E-state index < -0.39 is 0 Å². The number of anilines is 2. The van der Waals surface area contributed by atoms with E-state index in [-0.39, 0.29) is 12.0 Å². The molecule has 38 heavy (non-hydrogen) atoms. The maximum absolute atomic E-state index is 11.8. The van der Waals surface area contributed by atoms with Gasteiger partial charge < -0.3 is 10.2 Å². The fourth-order valence-electron chi connectivity index (χ4n) is 5.75. The van der Waals surface area contributed by atoms with Crippen molar-refractivity contribution in [2.75, 3.05) is 23.3 Å². The first-order chi connectivity index (χ1) is 18.3. The minimum absolute atomic E-state index is 0.220. The molecule has 6 rings (SSSR count). The number of nitrogens with one attached hydrogen (secondary N) is 1. The summed E-state index contributed by atoms with van der Waals surface area (Å²) in [4.78, 5) is 18.8. The molecule has 1 saturated heterocycles. The van der Waals surface area contributed by atoms with Crippen LogP contribution in [0.3, 0.4) is 0 Å². The number of rotatable bonds is 6. The van der Waals surface area contributed by atoms with Crippen molar-refractivity contribution in [3.05, 3.63) is 42.2 Å². The summed E-state index contributed by atoms with van der Waals surface area (Å²) in [5, 5.41) is 28.0. The van der Waals surface area contributed by atoms with Gasteiger partial charge in [-0.2, -0.15) is 10.4 Å². The number of ketones is 1. The van der Waals surface area contributed by atoms with Gasteiger partial charge in [0.2, 0.25) is 5.13 Å². The molecule has 4 aromatic rings. The first kappa shape index (κ1) is 24.5. The Morgan fingerprint density at radius 2 is 1.97 bits per heavy atom. The van der Waals surface area contributed by atoms with Crippen LogP contribution in [-0.4, -0.2) is 49.7 Å². The number of hydrogen-bond acceptors (Lipinski definition) is 9. The zero-order valence-corrected chi connectivity index (χ0v) is 22.6. The molecule has 2 aliphatic rings. The first-order valence-electron chi connectivity index (χ1n) is 13.1. The van der Waals surface area contributed by atoms with Crippen LogP contribution in [0.4, 0.5) is 10.8 Å². The van der Waals surface area contributed by atoms with E-state index in [0.29, 0.717) is 16.8 Å². The summed E-state index contributed by atoms with van der Waals surface area (Å²) in [6, 6.07) is 10.1. The second-order valence-corrected chi connectivity index (χ2v) is 11.9. The number of Topliss-reactive ketones (excluding diaryl/α,β-unsaturated/α-hetero) is 1. The van der Waals surface area contributed by atoms with E-state index in [2.05, 4.69) is 45.4 Å². The molecule has 0 atom stereocenters. The SMILES string of the molecule is CC(=O)C1CCC2(CC1)CN(c1nnc(-c3cnc(-c4ccc5cc(C#N)cnn45)cc3NC(C)C)s1)C2. The molecule has 9 nitrogen and oxygen atoms in total. The predicted octanol–water partition coefficient (Wildman–Crippen LogP) is 5.19. The highest BCUT2D eigenvalue weighted by molar-refractivity contribution is 7.18. The highest BCUT2D eigenvalue weighted by atomic mass is 32.1. The Morgan fingerprint density at radius 1 is 1.18 bits per heavy atom. The average molecular weight is 527 g/mol. The van der Waals surface area contributed by atoms with Gasteiger partial charge in [-0.1, -0.05) is 11.3 Å².